The number of hydrogen-bond acceptors (Lipinski definition) is 6. The van der Waals surface area contributed by atoms with Crippen LogP contribution in [-0.4, -0.2) is 45.2 Å². The normalized spacial score (nSPS) is 44.5. The van der Waals surface area contributed by atoms with E-state index in [-0.39, 0.29) is 35.2 Å². The fourth-order valence-corrected chi connectivity index (χ4v) is 6.51. The molecule has 1 fully saturated rings. The number of rotatable bonds is 0. The van der Waals surface area contributed by atoms with Crippen molar-refractivity contribution in [3.8, 4) is 0 Å². The smallest absolute Gasteiger partial charge is 0.231 e. The molecule has 3 heterocycles. The molecule has 3 N–H and O–H groups in total. The van der Waals surface area contributed by atoms with Gasteiger partial charge in [-0.05, 0) is 57.4 Å². The molecule has 0 unspecified atom stereocenters. The molecule has 3 aliphatic heterocycles. The van der Waals surface area contributed by atoms with E-state index in [0.29, 0.717) is 28.7 Å². The first kappa shape index (κ1) is 26.2. The van der Waals surface area contributed by atoms with Crippen LogP contribution in [-0.2, 0) is 14.3 Å². The summed E-state index contributed by atoms with van der Waals surface area (Å²) in [6.45, 7) is 14.0. The quantitative estimate of drug-likeness (QED) is 0.322. The molecule has 0 aromatic rings. The molecule has 0 spiro atoms. The summed E-state index contributed by atoms with van der Waals surface area (Å²) in [7, 11) is 0. The van der Waals surface area contributed by atoms with Crippen LogP contribution in [0.1, 0.15) is 74.1 Å². The minimum absolute atomic E-state index is 0.0815. The maximum absolute atomic E-state index is 13.0. The van der Waals surface area contributed by atoms with Crippen molar-refractivity contribution in [2.24, 2.45) is 29.6 Å². The zero-order chi connectivity index (χ0) is 25.8. The number of allylic oxidation sites excluding steroid dienone is 4. The van der Waals surface area contributed by atoms with E-state index in [1.165, 1.54) is 5.57 Å². The number of aliphatic hydroxyl groups is 3. The van der Waals surface area contributed by atoms with E-state index in [4.69, 9.17) is 9.47 Å². The molecule has 0 saturated carbocycles. The van der Waals surface area contributed by atoms with Crippen molar-refractivity contribution in [2.45, 2.75) is 98.2 Å². The van der Waals surface area contributed by atoms with Gasteiger partial charge in [0.1, 0.15) is 5.76 Å². The number of hydrogen-bond donors (Lipinski definition) is 3. The van der Waals surface area contributed by atoms with Crippen LogP contribution in [0.2, 0.25) is 0 Å². The SMILES string of the molecule is C/C1=[12CH]\[C@H](C)C[12CH2][12C@H]2O[12C@@H](C3=[12C](O)C(=[16O])[12C](C)=C4[16O][12C@]([18OH])([12CH]=[12C]43)[C@H](C)[12CH2][C@H](C)[12CH2]1)[C@H](C)[12C@@H]([18OH])[C@H]2C. The van der Waals surface area contributed by atoms with Crippen LogP contribution < -0.4 is 0 Å². The van der Waals surface area contributed by atoms with Crippen molar-refractivity contribution in [2.75, 3.05) is 0 Å². The summed E-state index contributed by atoms with van der Waals surface area (Å²) < 4.78 is 12.7. The van der Waals surface area contributed by atoms with Gasteiger partial charge in [-0.15, -0.1) is 0 Å². The fraction of sp³-hybridized carbons (Fsp3) is 0.690. The number of carbonyl (C=O) groups excluding carboxylic acids is 1. The second-order valence-corrected chi connectivity index (χ2v) is 11.8. The first-order chi connectivity index (χ1) is 16.3. The highest BCUT2D eigenvalue weighted by atomic mass is 18.2. The van der Waals surface area contributed by atoms with Gasteiger partial charge in [-0.2, -0.15) is 0 Å². The highest BCUT2D eigenvalue weighted by molar-refractivity contribution is 6.10. The van der Waals surface area contributed by atoms with E-state index in [2.05, 4.69) is 26.8 Å². The predicted octanol–water partition coefficient (Wildman–Crippen LogP) is 5.13. The van der Waals surface area contributed by atoms with E-state index in [9.17, 15) is 20.1 Å². The van der Waals surface area contributed by atoms with Gasteiger partial charge in [-0.1, -0.05) is 46.3 Å². The molecule has 0 aromatic heterocycles. The Morgan fingerprint density at radius 1 is 1.09 bits per heavy atom. The topological polar surface area (TPSA) is 96.2 Å². The third-order valence-corrected chi connectivity index (χ3v) is 8.66. The molecule has 6 heteroatoms. The largest absolute Gasteiger partial charge is 0.504 e. The summed E-state index contributed by atoms with van der Waals surface area (Å²) in [5.41, 5.74) is 2.44. The standard InChI is InChI=1S/C29H42O6/c1-14-8-9-22-18(5)24(30)19(6)28(34-22)23-21-13-29(33,17(4)12-16(3)11-15(2)10-14)35-27(21)20(7)25(31)26(23)32/h10,13-14,16-19,22,24,28,30,32-33H,8-9,11-12H2,1-7H3/b15-10+/t14-,16-,17-,18+,19-,22-,24+,28-,29-/m1/s1/i9+0,10+0,11+0,12+0,13+0,20+0,21+0,22+0,24+0,26+0,28+0,29+0,30+2,31+0,33+2,35+0. The van der Waals surface area contributed by atoms with Crippen molar-refractivity contribution < 1.29 is 29.6 Å². The number of carbonyl (C=O) groups is 1. The Hall–Kier alpha value is -1.89. The van der Waals surface area contributed by atoms with Gasteiger partial charge in [0, 0.05) is 34.5 Å². The molecular formula is C29H42O6. The lowest BCUT2D eigenvalue weighted by Crippen LogP contribution is -2.50. The Morgan fingerprint density at radius 2 is 1.77 bits per heavy atom. The maximum atomic E-state index is 13.0. The molecule has 35 heavy (non-hydrogen) atoms. The van der Waals surface area contributed by atoms with Crippen LogP contribution in [0.5, 0.6) is 0 Å². The molecule has 1 saturated heterocycles. The van der Waals surface area contributed by atoms with Gasteiger partial charge in [0.05, 0.1) is 18.3 Å². The molecule has 1 aliphatic carbocycles. The summed E-state index contributed by atoms with van der Waals surface area (Å²) in [6, 6.07) is 0. The molecule has 194 valence electrons. The third-order valence-electron chi connectivity index (χ3n) is 8.66. The highest BCUT2D eigenvalue weighted by Crippen LogP contribution is 2.49. The lowest BCUT2D eigenvalue weighted by Gasteiger charge is -2.44. The van der Waals surface area contributed by atoms with E-state index in [0.717, 1.165) is 25.7 Å². The van der Waals surface area contributed by atoms with Crippen LogP contribution in [0.25, 0.3) is 0 Å². The molecule has 4 rings (SSSR count). The Morgan fingerprint density at radius 3 is 2.46 bits per heavy atom. The Bertz CT molecular complexity index is 1000. The van der Waals surface area contributed by atoms with Crippen LogP contribution in [0, 0.1) is 29.6 Å². The van der Waals surface area contributed by atoms with E-state index >= 15 is 0 Å². The summed E-state index contributed by atoms with van der Waals surface area (Å²) in [6.07, 6.45) is 5.76. The van der Waals surface area contributed by atoms with E-state index in [1.54, 1.807) is 13.0 Å². The molecule has 0 radical (unpaired) electrons. The predicted molar refractivity (Wildman–Crippen MR) is 134 cm³/mol. The van der Waals surface area contributed by atoms with Gasteiger partial charge in [0.25, 0.3) is 0 Å². The van der Waals surface area contributed by atoms with Crippen molar-refractivity contribution in [3.05, 3.63) is 46.0 Å². The summed E-state index contributed by atoms with van der Waals surface area (Å²) >= 11 is 0. The molecule has 4 bridgehead atoms. The lowest BCUT2D eigenvalue weighted by molar-refractivity contribution is -0.164. The van der Waals surface area contributed by atoms with Gasteiger partial charge in [-0.25, -0.2) is 0 Å². The van der Waals surface area contributed by atoms with E-state index in [1.807, 2.05) is 20.8 Å². The Labute approximate surface area is 209 Å². The second kappa shape index (κ2) is 9.53. The minimum Gasteiger partial charge on any atom is -0.504 e. The number of aliphatic hydroxyl groups excluding tert-OH is 2. The molecule has 0 amide bonds. The number of ether oxygens (including phenoxy) is 2. The van der Waals surface area contributed by atoms with Crippen molar-refractivity contribution in [3.63, 3.8) is 0 Å². The molecule has 4 aliphatic rings. The summed E-state index contributed by atoms with van der Waals surface area (Å²) in [5.74, 6) is -2.16. The monoisotopic (exact) mass is 490 g/mol. The first-order valence-corrected chi connectivity index (χ1v) is 13.2. The second-order valence-electron chi connectivity index (χ2n) is 11.8. The number of Topliss-reactive ketones (excluding diaryl/α,β-unsaturated/α-hetero) is 1. The van der Waals surface area contributed by atoms with Gasteiger partial charge in [0.15, 0.2) is 5.76 Å². The van der Waals surface area contributed by atoms with Crippen LogP contribution in [0.4, 0.5) is 0 Å². The van der Waals surface area contributed by atoms with Crippen molar-refractivity contribution in [1.29, 1.82) is 0 Å². The maximum Gasteiger partial charge on any atom is 0.231 e. The Balaban J connectivity index is 1.83. The van der Waals surface area contributed by atoms with Gasteiger partial charge in [0.2, 0.25) is 11.6 Å². The number of fused-ring (bicyclic) bond motifs is 4. The zero-order valence-electron chi connectivity index (χ0n) is 22.2. The summed E-state index contributed by atoms with van der Waals surface area (Å²) in [5, 5.41) is 33.8. The van der Waals surface area contributed by atoms with E-state index < -0.39 is 23.8 Å². The lowest BCUT2D eigenvalue weighted by atomic mass is 9.75. The zero-order valence-corrected chi connectivity index (χ0v) is 22.2. The van der Waals surface area contributed by atoms with Gasteiger partial charge in [-0.3, -0.25) is 4.79 Å². The summed E-state index contributed by atoms with van der Waals surface area (Å²) in [4.78, 5) is 13.0. The molecule has 6 nitrogen and oxygen atoms in total. The average Bonchev–Trinajstić information content (AvgIpc) is 3.14. The van der Waals surface area contributed by atoms with Crippen LogP contribution >= 0.6 is 0 Å². The molecule has 9 atom stereocenters. The highest BCUT2D eigenvalue weighted by Gasteiger charge is 2.51. The molecule has 0 aromatic carbocycles. The van der Waals surface area contributed by atoms with Crippen LogP contribution in [0.15, 0.2) is 46.0 Å². The fourth-order valence-electron chi connectivity index (χ4n) is 6.51. The minimum atomic E-state index is -1.60. The Kier molecular flexibility index (Phi) is 7.13. The van der Waals surface area contributed by atoms with Gasteiger partial charge >= 0.3 is 0 Å². The average molecular weight is 491 g/mol. The van der Waals surface area contributed by atoms with Crippen molar-refractivity contribution >= 4 is 5.78 Å². The van der Waals surface area contributed by atoms with Crippen LogP contribution in [0.3, 0.4) is 0 Å². The molecular weight excluding hydrogens is 448 g/mol. The number of ketones is 1. The first-order valence-electron chi connectivity index (χ1n) is 13.2. The van der Waals surface area contributed by atoms with Crippen molar-refractivity contribution in [1.82, 2.24) is 0 Å². The third kappa shape index (κ3) is 4.65. The van der Waals surface area contributed by atoms with Gasteiger partial charge < -0.3 is 24.8 Å².